The zero-order valence-electron chi connectivity index (χ0n) is 9.16. The maximum Gasteiger partial charge on any atom is 0.198 e. The van der Waals surface area contributed by atoms with E-state index in [1.807, 2.05) is 18.2 Å². The van der Waals surface area contributed by atoms with E-state index in [2.05, 4.69) is 42.7 Å². The highest BCUT2D eigenvalue weighted by Gasteiger charge is 2.09. The molecule has 0 saturated heterocycles. The maximum atomic E-state index is 4.46. The van der Waals surface area contributed by atoms with Gasteiger partial charge in [-0.1, -0.05) is 23.5 Å². The molecule has 2 aromatic rings. The number of benzene rings is 1. The molecule has 0 unspecified atom stereocenters. The third-order valence-electron chi connectivity index (χ3n) is 1.84. The highest BCUT2D eigenvalue weighted by atomic mass is 32.1. The Morgan fingerprint density at radius 3 is 2.60 bits per heavy atom. The molecule has 1 aromatic carbocycles. The highest BCUT2D eigenvalue weighted by Crippen LogP contribution is 2.24. The molecule has 0 radical (unpaired) electrons. The fourth-order valence-electron chi connectivity index (χ4n) is 1.17. The molecule has 0 spiro atoms. The van der Waals surface area contributed by atoms with Gasteiger partial charge < -0.3 is 0 Å². The van der Waals surface area contributed by atoms with Gasteiger partial charge >= 0.3 is 0 Å². The number of nitrogens with one attached hydrogen (secondary N) is 2. The number of anilines is 1. The number of para-hydroxylation sites is 1. The average molecular weight is 221 g/mol. The number of hydrogen-bond acceptors (Lipinski definition) is 4. The lowest BCUT2D eigenvalue weighted by Crippen LogP contribution is -2.40. The first kappa shape index (κ1) is 10.4. The molecule has 15 heavy (non-hydrogen) atoms. The molecule has 4 heteroatoms. The Balaban J connectivity index is 2.16. The van der Waals surface area contributed by atoms with Gasteiger partial charge in [-0.3, -0.25) is 5.43 Å². The molecule has 3 nitrogen and oxygen atoms in total. The summed E-state index contributed by atoms with van der Waals surface area (Å²) in [4.78, 5) is 4.46. The summed E-state index contributed by atoms with van der Waals surface area (Å²) in [5.41, 5.74) is 7.41. The van der Waals surface area contributed by atoms with E-state index in [1.165, 1.54) is 4.70 Å². The minimum Gasteiger partial charge on any atom is -0.297 e. The van der Waals surface area contributed by atoms with E-state index in [1.54, 1.807) is 11.3 Å². The smallest absolute Gasteiger partial charge is 0.198 e. The summed E-state index contributed by atoms with van der Waals surface area (Å²) in [6.07, 6.45) is 0. The normalized spacial score (nSPS) is 11.9. The van der Waals surface area contributed by atoms with E-state index in [-0.39, 0.29) is 5.54 Å². The van der Waals surface area contributed by atoms with Crippen molar-refractivity contribution in [3.8, 4) is 0 Å². The zero-order chi connectivity index (χ0) is 10.9. The molecule has 80 valence electrons. The van der Waals surface area contributed by atoms with E-state index in [0.29, 0.717) is 0 Å². The third-order valence-corrected chi connectivity index (χ3v) is 2.79. The largest absolute Gasteiger partial charge is 0.297 e. The number of rotatable bonds is 2. The van der Waals surface area contributed by atoms with Crippen molar-refractivity contribution >= 4 is 26.7 Å². The van der Waals surface area contributed by atoms with E-state index in [0.717, 1.165) is 10.6 Å². The predicted molar refractivity (Wildman–Crippen MR) is 66.1 cm³/mol. The summed E-state index contributed by atoms with van der Waals surface area (Å²) in [5, 5.41) is 0.908. The van der Waals surface area contributed by atoms with Crippen LogP contribution in [0.1, 0.15) is 20.8 Å². The van der Waals surface area contributed by atoms with Gasteiger partial charge in [0, 0.05) is 5.54 Å². The van der Waals surface area contributed by atoms with Crippen molar-refractivity contribution in [1.29, 1.82) is 0 Å². The SMILES string of the molecule is CC(C)(C)NNc1nc2ccccc2s1. The van der Waals surface area contributed by atoms with Gasteiger partial charge in [-0.15, -0.1) is 0 Å². The second-order valence-electron chi connectivity index (χ2n) is 4.49. The summed E-state index contributed by atoms with van der Waals surface area (Å²) in [5.74, 6) is 0. The van der Waals surface area contributed by atoms with Crippen LogP contribution in [0.2, 0.25) is 0 Å². The van der Waals surface area contributed by atoms with Gasteiger partial charge in [0.2, 0.25) is 0 Å². The summed E-state index contributed by atoms with van der Waals surface area (Å²) < 4.78 is 1.20. The molecule has 1 aromatic heterocycles. The van der Waals surface area contributed by atoms with Gasteiger partial charge in [0.25, 0.3) is 0 Å². The van der Waals surface area contributed by atoms with Crippen LogP contribution >= 0.6 is 11.3 Å². The minimum atomic E-state index is 0.0395. The molecule has 2 rings (SSSR count). The lowest BCUT2D eigenvalue weighted by atomic mass is 10.1. The van der Waals surface area contributed by atoms with Crippen LogP contribution < -0.4 is 10.9 Å². The molecular formula is C11H15N3S. The van der Waals surface area contributed by atoms with E-state index >= 15 is 0 Å². The van der Waals surface area contributed by atoms with Crippen LogP contribution in [0.25, 0.3) is 10.2 Å². The standard InChI is InChI=1S/C11H15N3S/c1-11(2,3)14-13-10-12-8-6-4-5-7-9(8)15-10/h4-7,14H,1-3H3,(H,12,13). The molecule has 1 heterocycles. The summed E-state index contributed by atoms with van der Waals surface area (Å²) in [7, 11) is 0. The number of hydrazine groups is 1. The van der Waals surface area contributed by atoms with Gasteiger partial charge in [0.15, 0.2) is 5.13 Å². The Morgan fingerprint density at radius 1 is 1.20 bits per heavy atom. The molecule has 0 bridgehead atoms. The van der Waals surface area contributed by atoms with Crippen molar-refractivity contribution in [1.82, 2.24) is 10.4 Å². The molecule has 0 atom stereocenters. The minimum absolute atomic E-state index is 0.0395. The Hall–Kier alpha value is -1.13. The fourth-order valence-corrected chi connectivity index (χ4v) is 1.99. The van der Waals surface area contributed by atoms with Crippen LogP contribution in [0.3, 0.4) is 0 Å². The van der Waals surface area contributed by atoms with Crippen molar-refractivity contribution in [2.24, 2.45) is 0 Å². The average Bonchev–Trinajstić information content (AvgIpc) is 2.56. The first-order chi connectivity index (χ1) is 7.04. The summed E-state index contributed by atoms with van der Waals surface area (Å²) in [6, 6.07) is 8.13. The van der Waals surface area contributed by atoms with Gasteiger partial charge in [0.1, 0.15) is 0 Å². The van der Waals surface area contributed by atoms with Crippen molar-refractivity contribution in [3.63, 3.8) is 0 Å². The Kier molecular flexibility index (Phi) is 2.63. The van der Waals surface area contributed by atoms with Crippen LogP contribution in [-0.4, -0.2) is 10.5 Å². The summed E-state index contributed by atoms with van der Waals surface area (Å²) >= 11 is 1.65. The Bertz CT molecular complexity index is 423. The molecule has 0 amide bonds. The number of hydrogen-bond donors (Lipinski definition) is 2. The topological polar surface area (TPSA) is 37.0 Å². The molecule has 2 N–H and O–H groups in total. The van der Waals surface area contributed by atoms with Gasteiger partial charge in [-0.05, 0) is 32.9 Å². The van der Waals surface area contributed by atoms with Crippen LogP contribution in [0.5, 0.6) is 0 Å². The second kappa shape index (κ2) is 3.79. The molecular weight excluding hydrogens is 206 g/mol. The molecule has 0 aliphatic carbocycles. The first-order valence-corrected chi connectivity index (χ1v) is 5.75. The Labute approximate surface area is 93.5 Å². The number of fused-ring (bicyclic) bond motifs is 1. The zero-order valence-corrected chi connectivity index (χ0v) is 9.98. The van der Waals surface area contributed by atoms with Gasteiger partial charge in [0.05, 0.1) is 10.2 Å². The second-order valence-corrected chi connectivity index (χ2v) is 5.52. The molecule has 0 aliphatic heterocycles. The first-order valence-electron chi connectivity index (χ1n) is 4.93. The number of aromatic nitrogens is 1. The van der Waals surface area contributed by atoms with Crippen LogP contribution in [0.4, 0.5) is 5.13 Å². The van der Waals surface area contributed by atoms with E-state index < -0.39 is 0 Å². The summed E-state index contributed by atoms with van der Waals surface area (Å²) in [6.45, 7) is 6.31. The lowest BCUT2D eigenvalue weighted by molar-refractivity contribution is 0.465. The van der Waals surface area contributed by atoms with Crippen molar-refractivity contribution in [2.45, 2.75) is 26.3 Å². The van der Waals surface area contributed by atoms with Gasteiger partial charge in [-0.25, -0.2) is 10.4 Å². The highest BCUT2D eigenvalue weighted by molar-refractivity contribution is 7.22. The molecule has 0 fully saturated rings. The quantitative estimate of drug-likeness (QED) is 0.765. The van der Waals surface area contributed by atoms with Crippen molar-refractivity contribution in [2.75, 3.05) is 5.43 Å². The fraction of sp³-hybridized carbons (Fsp3) is 0.364. The number of thiazole rings is 1. The monoisotopic (exact) mass is 221 g/mol. The lowest BCUT2D eigenvalue weighted by Gasteiger charge is -2.20. The molecule has 0 saturated carbocycles. The maximum absolute atomic E-state index is 4.46. The predicted octanol–water partition coefficient (Wildman–Crippen LogP) is 3.01. The van der Waals surface area contributed by atoms with Crippen molar-refractivity contribution < 1.29 is 0 Å². The van der Waals surface area contributed by atoms with E-state index in [9.17, 15) is 0 Å². The van der Waals surface area contributed by atoms with Crippen LogP contribution in [-0.2, 0) is 0 Å². The molecule has 0 aliphatic rings. The van der Waals surface area contributed by atoms with E-state index in [4.69, 9.17) is 0 Å². The third kappa shape index (κ3) is 2.67. The van der Waals surface area contributed by atoms with Gasteiger partial charge in [-0.2, -0.15) is 0 Å². The Morgan fingerprint density at radius 2 is 1.93 bits per heavy atom. The van der Waals surface area contributed by atoms with Crippen LogP contribution in [0.15, 0.2) is 24.3 Å². The number of nitrogens with zero attached hydrogens (tertiary/aromatic N) is 1. The van der Waals surface area contributed by atoms with Crippen LogP contribution in [0, 0.1) is 0 Å². The van der Waals surface area contributed by atoms with Crippen molar-refractivity contribution in [3.05, 3.63) is 24.3 Å².